The smallest absolute Gasteiger partial charge is 0.322 e. The molecule has 0 amide bonds. The molecule has 0 aliphatic rings. The second-order valence-electron chi connectivity index (χ2n) is 6.08. The van der Waals surface area contributed by atoms with E-state index in [-0.39, 0.29) is 22.3 Å². The summed E-state index contributed by atoms with van der Waals surface area (Å²) >= 11 is 0.936. The fourth-order valence-corrected chi connectivity index (χ4v) is 4.64. The second-order valence-corrected chi connectivity index (χ2v) is 8.26. The Morgan fingerprint density at radius 3 is 2.45 bits per heavy atom. The Morgan fingerprint density at radius 2 is 1.72 bits per heavy atom. The van der Waals surface area contributed by atoms with Gasteiger partial charge in [-0.15, -0.1) is 0 Å². The first-order valence-corrected chi connectivity index (χ1v) is 10.6. The first kappa shape index (κ1) is 19.2. The van der Waals surface area contributed by atoms with Crippen molar-refractivity contribution in [3.63, 3.8) is 0 Å². The van der Waals surface area contributed by atoms with Crippen LogP contribution in [-0.4, -0.2) is 27.1 Å². The molecule has 0 unspecified atom stereocenters. The van der Waals surface area contributed by atoms with Gasteiger partial charge in [0.05, 0.1) is 28.8 Å². The Bertz CT molecular complexity index is 1300. The molecule has 0 spiro atoms. The van der Waals surface area contributed by atoms with Crippen molar-refractivity contribution in [3.8, 4) is 11.8 Å². The number of nitrogens with zero attached hydrogens (tertiary/aromatic N) is 4. The number of sulfonamides is 1. The van der Waals surface area contributed by atoms with Crippen LogP contribution < -0.4 is 9.46 Å². The fourth-order valence-electron chi connectivity index (χ4n) is 2.69. The number of fused-ring (bicyclic) bond motifs is 1. The number of para-hydroxylation sites is 1. The Balaban J connectivity index is 1.67. The van der Waals surface area contributed by atoms with Crippen LogP contribution in [0.1, 0.15) is 11.4 Å². The molecule has 2 aromatic carbocycles. The molecule has 148 valence electrons. The zero-order chi connectivity index (χ0) is 20.6. The molecule has 4 aromatic rings. The Labute approximate surface area is 169 Å². The van der Waals surface area contributed by atoms with Crippen molar-refractivity contribution in [1.82, 2.24) is 18.7 Å². The number of aromatic nitrogens is 4. The van der Waals surface area contributed by atoms with Crippen LogP contribution in [-0.2, 0) is 10.0 Å². The monoisotopic (exact) mass is 431 g/mol. The minimum atomic E-state index is -3.96. The van der Waals surface area contributed by atoms with E-state index in [1.165, 1.54) is 24.3 Å². The van der Waals surface area contributed by atoms with Crippen molar-refractivity contribution in [2.24, 2.45) is 0 Å². The quantitative estimate of drug-likeness (QED) is 0.512. The molecule has 0 radical (unpaired) electrons. The van der Waals surface area contributed by atoms with E-state index in [2.05, 4.69) is 23.4 Å². The van der Waals surface area contributed by atoms with E-state index in [0.717, 1.165) is 11.7 Å². The van der Waals surface area contributed by atoms with Crippen molar-refractivity contribution in [2.45, 2.75) is 18.7 Å². The van der Waals surface area contributed by atoms with Crippen LogP contribution in [0.15, 0.2) is 47.4 Å². The summed E-state index contributed by atoms with van der Waals surface area (Å²) in [5.41, 5.74) is 1.66. The van der Waals surface area contributed by atoms with Gasteiger partial charge in [0, 0.05) is 0 Å². The van der Waals surface area contributed by atoms with Gasteiger partial charge in [0.25, 0.3) is 10.0 Å². The molecule has 8 nitrogen and oxygen atoms in total. The van der Waals surface area contributed by atoms with Gasteiger partial charge in [-0.3, -0.25) is 4.72 Å². The Hall–Kier alpha value is -3.18. The summed E-state index contributed by atoms with van der Waals surface area (Å²) in [4.78, 5) is 8.30. The number of anilines is 1. The third-order valence-electron chi connectivity index (χ3n) is 4.06. The lowest BCUT2D eigenvalue weighted by Crippen LogP contribution is -2.16. The maximum Gasteiger partial charge on any atom is 0.322 e. The van der Waals surface area contributed by atoms with Crippen LogP contribution in [0.5, 0.6) is 11.8 Å². The van der Waals surface area contributed by atoms with Crippen molar-refractivity contribution in [3.05, 3.63) is 59.7 Å². The van der Waals surface area contributed by atoms with E-state index in [1.54, 1.807) is 32.0 Å². The second kappa shape index (κ2) is 7.33. The van der Waals surface area contributed by atoms with E-state index in [4.69, 9.17) is 4.74 Å². The van der Waals surface area contributed by atoms with Gasteiger partial charge in [0.1, 0.15) is 15.9 Å². The lowest BCUT2D eigenvalue weighted by molar-refractivity contribution is 0.409. The Kier molecular flexibility index (Phi) is 4.84. The summed E-state index contributed by atoms with van der Waals surface area (Å²) in [5.74, 6) is -0.580. The van der Waals surface area contributed by atoms with Crippen molar-refractivity contribution >= 4 is 38.5 Å². The third-order valence-corrected chi connectivity index (χ3v) is 5.99. The van der Waals surface area contributed by atoms with Crippen LogP contribution in [0.25, 0.3) is 11.0 Å². The van der Waals surface area contributed by atoms with Gasteiger partial charge < -0.3 is 4.74 Å². The molecule has 29 heavy (non-hydrogen) atoms. The molecule has 2 heterocycles. The first-order chi connectivity index (χ1) is 13.8. The van der Waals surface area contributed by atoms with E-state index in [9.17, 15) is 12.8 Å². The fraction of sp³-hybridized carbons (Fsp3) is 0.111. The molecule has 0 fully saturated rings. The van der Waals surface area contributed by atoms with Crippen molar-refractivity contribution in [2.75, 3.05) is 4.72 Å². The van der Waals surface area contributed by atoms with Crippen LogP contribution in [0.3, 0.4) is 0 Å². The number of rotatable bonds is 5. The van der Waals surface area contributed by atoms with Gasteiger partial charge in [0.2, 0.25) is 0 Å². The van der Waals surface area contributed by atoms with Gasteiger partial charge in [-0.05, 0) is 38.1 Å². The lowest BCUT2D eigenvalue weighted by Gasteiger charge is -2.14. The number of aryl methyl sites for hydroxylation is 2. The average molecular weight is 431 g/mol. The van der Waals surface area contributed by atoms with Crippen LogP contribution >= 0.6 is 11.7 Å². The molecule has 0 saturated heterocycles. The maximum atomic E-state index is 13.8. The summed E-state index contributed by atoms with van der Waals surface area (Å²) in [5, 5.41) is 0. The van der Waals surface area contributed by atoms with Crippen molar-refractivity contribution in [1.29, 1.82) is 0 Å². The number of benzene rings is 2. The largest absolute Gasteiger partial charge is 0.421 e. The molecule has 0 aliphatic carbocycles. The van der Waals surface area contributed by atoms with E-state index in [1.807, 2.05) is 0 Å². The molecule has 2 aromatic heterocycles. The lowest BCUT2D eigenvalue weighted by atomic mass is 10.3. The molecule has 11 heteroatoms. The van der Waals surface area contributed by atoms with Crippen LogP contribution in [0.4, 0.5) is 10.1 Å². The number of ether oxygens (including phenoxy) is 1. The molecular formula is C18H14FN5O3S2. The minimum absolute atomic E-state index is 0.00855. The topological polar surface area (TPSA) is 107 Å². The van der Waals surface area contributed by atoms with Gasteiger partial charge >= 0.3 is 6.01 Å². The summed E-state index contributed by atoms with van der Waals surface area (Å²) in [7, 11) is -3.96. The minimum Gasteiger partial charge on any atom is -0.421 e. The highest BCUT2D eigenvalue weighted by atomic mass is 32.2. The molecule has 0 bridgehead atoms. The standard InChI is InChI=1S/C18H14FN5O3S2/c1-10-16(11(2)21-18(20-10)27-14-8-4-3-6-12(14)19)24-29(25,26)15-9-5-7-13-17(15)23-28-22-13/h3-9,24H,1-2H3. The molecule has 0 atom stereocenters. The number of halogens is 1. The summed E-state index contributed by atoms with van der Waals surface area (Å²) < 4.78 is 55.7. The third kappa shape index (κ3) is 3.74. The summed E-state index contributed by atoms with van der Waals surface area (Å²) in [6.07, 6.45) is 0. The van der Waals surface area contributed by atoms with Crippen LogP contribution in [0, 0.1) is 19.7 Å². The van der Waals surface area contributed by atoms with Gasteiger partial charge in [-0.1, -0.05) is 18.2 Å². The van der Waals surface area contributed by atoms with Gasteiger partial charge in [0.15, 0.2) is 11.6 Å². The van der Waals surface area contributed by atoms with Gasteiger partial charge in [-0.2, -0.15) is 18.7 Å². The first-order valence-electron chi connectivity index (χ1n) is 8.37. The molecule has 0 saturated carbocycles. The average Bonchev–Trinajstić information content (AvgIpc) is 3.15. The predicted octanol–water partition coefficient (Wildman–Crippen LogP) is 3.83. The van der Waals surface area contributed by atoms with Crippen LogP contribution in [0.2, 0.25) is 0 Å². The normalized spacial score (nSPS) is 11.6. The number of hydrogen-bond acceptors (Lipinski definition) is 8. The molecule has 1 N–H and O–H groups in total. The van der Waals surface area contributed by atoms with E-state index >= 15 is 0 Å². The SMILES string of the molecule is Cc1nc(Oc2ccccc2F)nc(C)c1NS(=O)(=O)c1cccc2nsnc12. The highest BCUT2D eigenvalue weighted by Crippen LogP contribution is 2.28. The molecular weight excluding hydrogens is 417 g/mol. The number of nitrogens with one attached hydrogen (secondary N) is 1. The van der Waals surface area contributed by atoms with E-state index in [0.29, 0.717) is 22.4 Å². The zero-order valence-electron chi connectivity index (χ0n) is 15.2. The zero-order valence-corrected chi connectivity index (χ0v) is 16.9. The van der Waals surface area contributed by atoms with Crippen molar-refractivity contribution < 1.29 is 17.5 Å². The highest BCUT2D eigenvalue weighted by molar-refractivity contribution is 7.93. The van der Waals surface area contributed by atoms with E-state index < -0.39 is 15.8 Å². The molecule has 4 rings (SSSR count). The highest BCUT2D eigenvalue weighted by Gasteiger charge is 2.22. The summed E-state index contributed by atoms with van der Waals surface area (Å²) in [6, 6.07) is 10.5. The summed E-state index contributed by atoms with van der Waals surface area (Å²) in [6.45, 7) is 3.21. The molecule has 0 aliphatic heterocycles. The van der Waals surface area contributed by atoms with Gasteiger partial charge in [-0.25, -0.2) is 12.8 Å². The number of hydrogen-bond donors (Lipinski definition) is 1. The maximum absolute atomic E-state index is 13.8. The Morgan fingerprint density at radius 1 is 1.00 bits per heavy atom. The predicted molar refractivity (Wildman–Crippen MR) is 106 cm³/mol.